The molecule has 3 rings (SSSR count). The average Bonchev–Trinajstić information content (AvgIpc) is 2.64. The second kappa shape index (κ2) is 7.85. The fraction of sp³-hybridized carbons (Fsp3) is 0.278. The van der Waals surface area contributed by atoms with Gasteiger partial charge in [0, 0.05) is 23.2 Å². The minimum absolute atomic E-state index is 0.0347. The van der Waals surface area contributed by atoms with E-state index in [1.807, 2.05) is 18.2 Å². The van der Waals surface area contributed by atoms with Gasteiger partial charge < -0.3 is 5.32 Å². The summed E-state index contributed by atoms with van der Waals surface area (Å²) in [6.45, 7) is 0.302. The van der Waals surface area contributed by atoms with Crippen LogP contribution in [0.2, 0.25) is 0 Å². The zero-order chi connectivity index (χ0) is 18.7. The van der Waals surface area contributed by atoms with E-state index in [0.717, 1.165) is 6.07 Å². The first kappa shape index (κ1) is 19.0. The number of carbonyl (C=O) groups excluding carboxylic acids is 1. The quantitative estimate of drug-likeness (QED) is 0.788. The van der Waals surface area contributed by atoms with E-state index in [2.05, 4.69) is 21.2 Å². The number of amides is 1. The molecular weight excluding hydrogens is 423 g/mol. The lowest BCUT2D eigenvalue weighted by Crippen LogP contribution is -2.43. The Balaban J connectivity index is 1.77. The minimum atomic E-state index is -4.01. The number of rotatable bonds is 4. The maximum Gasteiger partial charge on any atom is 0.246 e. The molecule has 1 N–H and O–H groups in total. The lowest BCUT2D eigenvalue weighted by molar-refractivity contribution is -0.120. The van der Waals surface area contributed by atoms with E-state index in [-0.39, 0.29) is 23.9 Å². The maximum absolute atomic E-state index is 14.1. The molecule has 1 saturated heterocycles. The number of anilines is 1. The Bertz CT molecular complexity index is 906. The molecule has 0 aromatic heterocycles. The number of nitrogens with zero attached hydrogens (tertiary/aromatic N) is 1. The van der Waals surface area contributed by atoms with Crippen molar-refractivity contribution in [2.24, 2.45) is 5.92 Å². The van der Waals surface area contributed by atoms with E-state index < -0.39 is 21.8 Å². The molecule has 0 bridgehead atoms. The Morgan fingerprint density at radius 2 is 1.92 bits per heavy atom. The van der Waals surface area contributed by atoms with Crippen molar-refractivity contribution in [3.8, 4) is 0 Å². The third kappa shape index (κ3) is 4.13. The summed E-state index contributed by atoms with van der Waals surface area (Å²) >= 11 is 3.17. The van der Waals surface area contributed by atoms with Gasteiger partial charge in [-0.05, 0) is 43.2 Å². The number of hydrogen-bond acceptors (Lipinski definition) is 3. The number of halogens is 2. The SMILES string of the molecule is O=C(Nc1ccccc1)C1CCCN(S(=O)(=O)c2cc(Br)ccc2F)C1. The van der Waals surface area contributed by atoms with Crippen LogP contribution < -0.4 is 5.32 Å². The summed E-state index contributed by atoms with van der Waals surface area (Å²) in [5, 5.41) is 2.80. The summed E-state index contributed by atoms with van der Waals surface area (Å²) in [4.78, 5) is 12.1. The van der Waals surface area contributed by atoms with Gasteiger partial charge in [-0.3, -0.25) is 4.79 Å². The van der Waals surface area contributed by atoms with Crippen LogP contribution in [0.25, 0.3) is 0 Å². The Morgan fingerprint density at radius 3 is 2.65 bits per heavy atom. The van der Waals surface area contributed by atoms with Crippen LogP contribution in [0.5, 0.6) is 0 Å². The number of nitrogens with one attached hydrogen (secondary N) is 1. The summed E-state index contributed by atoms with van der Waals surface area (Å²) in [7, 11) is -4.01. The summed E-state index contributed by atoms with van der Waals surface area (Å²) in [6, 6.07) is 12.8. The predicted molar refractivity (Wildman–Crippen MR) is 101 cm³/mol. The van der Waals surface area contributed by atoms with Gasteiger partial charge in [-0.15, -0.1) is 0 Å². The first-order chi connectivity index (χ1) is 12.4. The Labute approximate surface area is 160 Å². The van der Waals surface area contributed by atoms with Gasteiger partial charge in [0.25, 0.3) is 0 Å². The molecule has 0 spiro atoms. The molecule has 5 nitrogen and oxygen atoms in total. The second-order valence-electron chi connectivity index (χ2n) is 6.13. The van der Waals surface area contributed by atoms with E-state index >= 15 is 0 Å². The highest BCUT2D eigenvalue weighted by Crippen LogP contribution is 2.28. The number of benzene rings is 2. The average molecular weight is 441 g/mol. The maximum atomic E-state index is 14.1. The zero-order valence-electron chi connectivity index (χ0n) is 13.9. The monoisotopic (exact) mass is 440 g/mol. The van der Waals surface area contributed by atoms with Crippen molar-refractivity contribution in [1.29, 1.82) is 0 Å². The first-order valence-corrected chi connectivity index (χ1v) is 10.4. The van der Waals surface area contributed by atoms with E-state index in [1.165, 1.54) is 16.4 Å². The number of piperidine rings is 1. The highest BCUT2D eigenvalue weighted by atomic mass is 79.9. The fourth-order valence-corrected chi connectivity index (χ4v) is 5.08. The van der Waals surface area contributed by atoms with E-state index in [4.69, 9.17) is 0 Å². The molecular formula is C18H18BrFN2O3S. The first-order valence-electron chi connectivity index (χ1n) is 8.19. The predicted octanol–water partition coefficient (Wildman–Crippen LogP) is 3.63. The van der Waals surface area contributed by atoms with Crippen LogP contribution in [0.15, 0.2) is 57.9 Å². The highest BCUT2D eigenvalue weighted by molar-refractivity contribution is 9.10. The molecule has 0 aliphatic carbocycles. The fourth-order valence-electron chi connectivity index (χ4n) is 2.95. The molecule has 26 heavy (non-hydrogen) atoms. The second-order valence-corrected chi connectivity index (χ2v) is 8.95. The summed E-state index contributed by atoms with van der Waals surface area (Å²) in [6.07, 6.45) is 1.13. The van der Waals surface area contributed by atoms with Crippen molar-refractivity contribution >= 4 is 37.5 Å². The summed E-state index contributed by atoms with van der Waals surface area (Å²) < 4.78 is 41.4. The molecule has 138 valence electrons. The van der Waals surface area contributed by atoms with Crippen molar-refractivity contribution in [1.82, 2.24) is 4.31 Å². The van der Waals surface area contributed by atoms with Gasteiger partial charge in [-0.1, -0.05) is 34.1 Å². The third-order valence-corrected chi connectivity index (χ3v) is 6.68. The van der Waals surface area contributed by atoms with Gasteiger partial charge in [-0.2, -0.15) is 4.31 Å². The molecule has 1 heterocycles. The lowest BCUT2D eigenvalue weighted by Gasteiger charge is -2.31. The number of hydrogen-bond donors (Lipinski definition) is 1. The van der Waals surface area contributed by atoms with Crippen molar-refractivity contribution in [3.05, 3.63) is 58.8 Å². The molecule has 1 aliphatic rings. The van der Waals surface area contributed by atoms with Crippen LogP contribution in [0, 0.1) is 11.7 Å². The van der Waals surface area contributed by atoms with Gasteiger partial charge in [-0.25, -0.2) is 12.8 Å². The van der Waals surface area contributed by atoms with Gasteiger partial charge in [0.1, 0.15) is 10.7 Å². The molecule has 1 aliphatic heterocycles. The standard InChI is InChI=1S/C18H18BrFN2O3S/c19-14-8-9-16(20)17(11-14)26(24,25)22-10-4-5-13(12-22)18(23)21-15-6-2-1-3-7-15/h1-3,6-9,11,13H,4-5,10,12H2,(H,21,23). The number of sulfonamides is 1. The lowest BCUT2D eigenvalue weighted by atomic mass is 9.99. The Hall–Kier alpha value is -1.77. The van der Waals surface area contributed by atoms with E-state index in [0.29, 0.717) is 23.0 Å². The Kier molecular flexibility index (Phi) is 5.74. The van der Waals surface area contributed by atoms with Crippen molar-refractivity contribution in [2.75, 3.05) is 18.4 Å². The largest absolute Gasteiger partial charge is 0.326 e. The van der Waals surface area contributed by atoms with Crippen molar-refractivity contribution < 1.29 is 17.6 Å². The molecule has 0 radical (unpaired) electrons. The van der Waals surface area contributed by atoms with Crippen LogP contribution in [-0.2, 0) is 14.8 Å². The summed E-state index contributed by atoms with van der Waals surface area (Å²) in [5.74, 6) is -1.51. The molecule has 2 aromatic rings. The van der Waals surface area contributed by atoms with Gasteiger partial charge in [0.2, 0.25) is 15.9 Å². The smallest absolute Gasteiger partial charge is 0.246 e. The molecule has 8 heteroatoms. The van der Waals surface area contributed by atoms with E-state index in [1.54, 1.807) is 12.1 Å². The van der Waals surface area contributed by atoms with Crippen molar-refractivity contribution in [3.63, 3.8) is 0 Å². The van der Waals surface area contributed by atoms with Crippen LogP contribution in [0.1, 0.15) is 12.8 Å². The highest BCUT2D eigenvalue weighted by Gasteiger charge is 2.34. The topological polar surface area (TPSA) is 66.5 Å². The van der Waals surface area contributed by atoms with E-state index in [9.17, 15) is 17.6 Å². The third-order valence-electron chi connectivity index (χ3n) is 4.31. The number of para-hydroxylation sites is 1. The zero-order valence-corrected chi connectivity index (χ0v) is 16.3. The van der Waals surface area contributed by atoms with Crippen LogP contribution in [-0.4, -0.2) is 31.7 Å². The molecule has 2 aromatic carbocycles. The van der Waals surface area contributed by atoms with Gasteiger partial charge >= 0.3 is 0 Å². The molecule has 1 unspecified atom stereocenters. The summed E-state index contributed by atoms with van der Waals surface area (Å²) in [5.41, 5.74) is 0.663. The van der Waals surface area contributed by atoms with Crippen LogP contribution >= 0.6 is 15.9 Å². The van der Waals surface area contributed by atoms with Gasteiger partial charge in [0.15, 0.2) is 0 Å². The van der Waals surface area contributed by atoms with Crippen LogP contribution in [0.4, 0.5) is 10.1 Å². The molecule has 0 saturated carbocycles. The molecule has 1 atom stereocenters. The normalized spacial score (nSPS) is 18.5. The molecule has 1 amide bonds. The van der Waals surface area contributed by atoms with Crippen LogP contribution in [0.3, 0.4) is 0 Å². The van der Waals surface area contributed by atoms with Crippen molar-refractivity contribution in [2.45, 2.75) is 17.7 Å². The minimum Gasteiger partial charge on any atom is -0.326 e. The molecule has 1 fully saturated rings. The van der Waals surface area contributed by atoms with Gasteiger partial charge in [0.05, 0.1) is 5.92 Å². The Morgan fingerprint density at radius 1 is 1.19 bits per heavy atom. The number of carbonyl (C=O) groups is 1.